The summed E-state index contributed by atoms with van der Waals surface area (Å²) in [5.74, 6) is -0.238. The van der Waals surface area contributed by atoms with Crippen molar-refractivity contribution in [3.05, 3.63) is 12.2 Å². The van der Waals surface area contributed by atoms with Crippen molar-refractivity contribution in [1.82, 2.24) is 0 Å². The number of carbonyl (C=O) groups excluding carboxylic acids is 1. The first kappa shape index (κ1) is 14.2. The van der Waals surface area contributed by atoms with Crippen LogP contribution in [-0.4, -0.2) is 25.3 Å². The number of carbonyl (C=O) groups is 1. The van der Waals surface area contributed by atoms with Crippen molar-refractivity contribution in [2.75, 3.05) is 13.2 Å². The minimum Gasteiger partial charge on any atom is -0.457 e. The van der Waals surface area contributed by atoms with Crippen LogP contribution in [-0.2, 0) is 14.3 Å². The molecule has 0 radical (unpaired) electrons. The fourth-order valence-corrected chi connectivity index (χ4v) is 1.83. The van der Waals surface area contributed by atoms with Gasteiger partial charge in [0.2, 0.25) is 0 Å². The lowest BCUT2D eigenvalue weighted by Gasteiger charge is -2.15. The normalized spacial score (nSPS) is 26.9. The van der Waals surface area contributed by atoms with Gasteiger partial charge in [-0.2, -0.15) is 0 Å². The van der Waals surface area contributed by atoms with E-state index in [0.717, 1.165) is 32.3 Å². The number of hydrogen-bond acceptors (Lipinski definition) is 3. The van der Waals surface area contributed by atoms with Crippen molar-refractivity contribution in [2.45, 2.75) is 58.0 Å². The van der Waals surface area contributed by atoms with Crippen LogP contribution >= 0.6 is 0 Å². The molecule has 0 bridgehead atoms. The van der Waals surface area contributed by atoms with Crippen molar-refractivity contribution in [1.29, 1.82) is 0 Å². The number of rotatable bonds is 1. The summed E-state index contributed by atoms with van der Waals surface area (Å²) in [5.41, 5.74) is 0. The lowest BCUT2D eigenvalue weighted by atomic mass is 10.1. The topological polar surface area (TPSA) is 35.5 Å². The summed E-state index contributed by atoms with van der Waals surface area (Å²) in [4.78, 5) is 11.5. The maximum atomic E-state index is 11.5. The minimum atomic E-state index is -0.238. The highest BCUT2D eigenvalue weighted by atomic mass is 16.6. The predicted molar refractivity (Wildman–Crippen MR) is 67.8 cm³/mol. The van der Waals surface area contributed by atoms with Crippen molar-refractivity contribution >= 4 is 5.97 Å². The van der Waals surface area contributed by atoms with Gasteiger partial charge in [0.15, 0.2) is 0 Å². The second-order valence-electron chi connectivity index (χ2n) is 4.50. The zero-order chi connectivity index (χ0) is 12.3. The summed E-state index contributed by atoms with van der Waals surface area (Å²) >= 11 is 0. The number of cyclic esters (lactones) is 1. The zero-order valence-electron chi connectivity index (χ0n) is 10.8. The molecule has 1 aliphatic rings. The Morgan fingerprint density at radius 3 is 2.82 bits per heavy atom. The number of allylic oxidation sites excluding steroid dienone is 1. The van der Waals surface area contributed by atoms with Gasteiger partial charge >= 0.3 is 5.97 Å². The van der Waals surface area contributed by atoms with E-state index in [1.54, 1.807) is 6.08 Å². The molecule has 0 aromatic heterocycles. The van der Waals surface area contributed by atoms with Crippen molar-refractivity contribution < 1.29 is 14.3 Å². The Bertz CT molecular complexity index is 236. The van der Waals surface area contributed by atoms with Gasteiger partial charge in [-0.05, 0) is 25.7 Å². The van der Waals surface area contributed by atoms with Crippen molar-refractivity contribution in [3.8, 4) is 0 Å². The highest BCUT2D eigenvalue weighted by molar-refractivity contribution is 5.82. The molecular formula is C14H24O3. The highest BCUT2D eigenvalue weighted by Gasteiger charge is 2.10. The lowest BCUT2D eigenvalue weighted by Crippen LogP contribution is -2.22. The molecule has 1 heterocycles. The van der Waals surface area contributed by atoms with Gasteiger partial charge < -0.3 is 9.47 Å². The smallest absolute Gasteiger partial charge is 0.330 e. The average Bonchev–Trinajstić information content (AvgIpc) is 2.33. The quantitative estimate of drug-likeness (QED) is 0.660. The Morgan fingerprint density at radius 2 is 2.00 bits per heavy atom. The molecule has 0 aromatic carbocycles. The molecule has 0 amide bonds. The fourth-order valence-electron chi connectivity index (χ4n) is 1.83. The molecule has 0 saturated carbocycles. The lowest BCUT2D eigenvalue weighted by molar-refractivity contribution is -0.146. The van der Waals surface area contributed by atoms with Crippen LogP contribution in [0.4, 0.5) is 0 Å². The minimum absolute atomic E-state index is 0.102. The first-order chi connectivity index (χ1) is 8.33. The van der Waals surface area contributed by atoms with E-state index in [4.69, 9.17) is 9.47 Å². The summed E-state index contributed by atoms with van der Waals surface area (Å²) in [5, 5.41) is 0. The molecule has 1 aliphatic heterocycles. The van der Waals surface area contributed by atoms with Gasteiger partial charge in [0.05, 0.1) is 6.61 Å². The highest BCUT2D eigenvalue weighted by Crippen LogP contribution is 2.08. The van der Waals surface area contributed by atoms with E-state index in [1.807, 2.05) is 13.0 Å². The van der Waals surface area contributed by atoms with Gasteiger partial charge in [0.1, 0.15) is 6.10 Å². The molecule has 0 N–H and O–H groups in total. The maximum absolute atomic E-state index is 11.5. The summed E-state index contributed by atoms with van der Waals surface area (Å²) in [6.07, 6.45) is 11.1. The SMILES string of the molecule is CCC1COCCCCCCC/C=C\C(=O)O1. The van der Waals surface area contributed by atoms with Gasteiger partial charge in [-0.3, -0.25) is 0 Å². The average molecular weight is 240 g/mol. The number of esters is 1. The van der Waals surface area contributed by atoms with Gasteiger partial charge in [-0.1, -0.05) is 32.3 Å². The first-order valence-electron chi connectivity index (χ1n) is 6.78. The summed E-state index contributed by atoms with van der Waals surface area (Å²) in [6, 6.07) is 0. The molecule has 3 heteroatoms. The standard InChI is InChI=1S/C14H24O3/c1-2-13-12-16-11-9-7-5-3-4-6-8-10-14(15)17-13/h8,10,13H,2-7,9,11-12H2,1H3/b10-8-. The molecule has 0 aromatic rings. The first-order valence-corrected chi connectivity index (χ1v) is 6.78. The van der Waals surface area contributed by atoms with E-state index < -0.39 is 0 Å². The third kappa shape index (κ3) is 7.16. The molecule has 3 nitrogen and oxygen atoms in total. The Morgan fingerprint density at radius 1 is 1.24 bits per heavy atom. The Hall–Kier alpha value is -0.830. The fraction of sp³-hybridized carbons (Fsp3) is 0.786. The van der Waals surface area contributed by atoms with Crippen LogP contribution in [0, 0.1) is 0 Å². The van der Waals surface area contributed by atoms with E-state index in [1.165, 1.54) is 19.3 Å². The molecule has 0 spiro atoms. The summed E-state index contributed by atoms with van der Waals surface area (Å²) in [6.45, 7) is 3.31. The Balaban J connectivity index is 2.39. The third-order valence-corrected chi connectivity index (χ3v) is 2.96. The zero-order valence-corrected chi connectivity index (χ0v) is 10.8. The molecule has 1 rings (SSSR count). The van der Waals surface area contributed by atoms with Crippen LogP contribution in [0.15, 0.2) is 12.2 Å². The molecule has 1 unspecified atom stereocenters. The second kappa shape index (κ2) is 9.23. The molecule has 0 saturated heterocycles. The molecule has 0 fully saturated rings. The molecular weight excluding hydrogens is 216 g/mol. The summed E-state index contributed by atoms with van der Waals surface area (Å²) in [7, 11) is 0. The number of hydrogen-bond donors (Lipinski definition) is 0. The van der Waals surface area contributed by atoms with Gasteiger partial charge in [-0.15, -0.1) is 0 Å². The van der Waals surface area contributed by atoms with Crippen LogP contribution < -0.4 is 0 Å². The van der Waals surface area contributed by atoms with Crippen molar-refractivity contribution in [2.24, 2.45) is 0 Å². The van der Waals surface area contributed by atoms with E-state index in [-0.39, 0.29) is 12.1 Å². The van der Waals surface area contributed by atoms with Crippen LogP contribution in [0.2, 0.25) is 0 Å². The van der Waals surface area contributed by atoms with Crippen LogP contribution in [0.1, 0.15) is 51.9 Å². The van der Waals surface area contributed by atoms with Gasteiger partial charge in [0, 0.05) is 12.7 Å². The van der Waals surface area contributed by atoms with Gasteiger partial charge in [-0.25, -0.2) is 4.79 Å². The van der Waals surface area contributed by atoms with E-state index in [2.05, 4.69) is 0 Å². The van der Waals surface area contributed by atoms with Crippen LogP contribution in [0.3, 0.4) is 0 Å². The maximum Gasteiger partial charge on any atom is 0.330 e. The second-order valence-corrected chi connectivity index (χ2v) is 4.50. The number of ether oxygens (including phenoxy) is 2. The van der Waals surface area contributed by atoms with Crippen molar-refractivity contribution in [3.63, 3.8) is 0 Å². The Kier molecular flexibility index (Phi) is 7.72. The largest absolute Gasteiger partial charge is 0.457 e. The van der Waals surface area contributed by atoms with Crippen LogP contribution in [0.25, 0.3) is 0 Å². The molecule has 1 atom stereocenters. The van der Waals surface area contributed by atoms with Crippen LogP contribution in [0.5, 0.6) is 0 Å². The van der Waals surface area contributed by atoms with E-state index in [9.17, 15) is 4.79 Å². The van der Waals surface area contributed by atoms with E-state index >= 15 is 0 Å². The molecule has 17 heavy (non-hydrogen) atoms. The van der Waals surface area contributed by atoms with Gasteiger partial charge in [0.25, 0.3) is 0 Å². The predicted octanol–water partition coefficient (Wildman–Crippen LogP) is 3.24. The summed E-state index contributed by atoms with van der Waals surface area (Å²) < 4.78 is 10.8. The molecule has 0 aliphatic carbocycles. The monoisotopic (exact) mass is 240 g/mol. The molecule has 98 valence electrons. The Labute approximate surface area is 104 Å². The van der Waals surface area contributed by atoms with E-state index in [0.29, 0.717) is 6.61 Å². The third-order valence-electron chi connectivity index (χ3n) is 2.96.